The smallest absolute Gasteiger partial charge is 0.220 e. The van der Waals surface area contributed by atoms with Gasteiger partial charge in [0, 0.05) is 6.42 Å². The van der Waals surface area contributed by atoms with Crippen molar-refractivity contribution < 1.29 is 64.6 Å². The molecule has 0 bridgehead atoms. The first-order chi connectivity index (χ1) is 40.1. The molecule has 9 N–H and O–H groups in total. The third-order valence-electron chi connectivity index (χ3n) is 17.5. The largest absolute Gasteiger partial charge is 0.394 e. The molecule has 0 aromatic carbocycles. The van der Waals surface area contributed by atoms with Gasteiger partial charge >= 0.3 is 0 Å². The number of aliphatic hydroxyl groups is 8. The Morgan fingerprint density at radius 3 is 1.12 bits per heavy atom. The van der Waals surface area contributed by atoms with Crippen molar-refractivity contribution in [1.29, 1.82) is 0 Å². The number of aliphatic hydroxyl groups excluding tert-OH is 8. The highest BCUT2D eigenvalue weighted by Crippen LogP contribution is 2.30. The van der Waals surface area contributed by atoms with Crippen LogP contribution in [-0.2, 0) is 23.7 Å². The lowest BCUT2D eigenvalue weighted by atomic mass is 9.97. The molecule has 2 saturated heterocycles. The predicted molar refractivity (Wildman–Crippen MR) is 332 cm³/mol. The van der Waals surface area contributed by atoms with Gasteiger partial charge in [0.25, 0.3) is 0 Å². The molecule has 0 spiro atoms. The molecule has 0 aliphatic carbocycles. The second-order valence-corrected chi connectivity index (χ2v) is 25.0. The van der Waals surface area contributed by atoms with Crippen LogP contribution in [-0.4, -0.2) is 140 Å². The summed E-state index contributed by atoms with van der Waals surface area (Å²) in [5, 5.41) is 87.1. The van der Waals surface area contributed by atoms with Gasteiger partial charge in [-0.1, -0.05) is 309 Å². The van der Waals surface area contributed by atoms with Crippen molar-refractivity contribution in [3.63, 3.8) is 0 Å². The van der Waals surface area contributed by atoms with Crippen LogP contribution in [0.1, 0.15) is 322 Å². The van der Waals surface area contributed by atoms with E-state index in [9.17, 15) is 45.6 Å². The lowest BCUT2D eigenvalue weighted by Gasteiger charge is -2.46. The summed E-state index contributed by atoms with van der Waals surface area (Å²) < 4.78 is 22.8. The average Bonchev–Trinajstić information content (AvgIpc) is 3.62. The summed E-state index contributed by atoms with van der Waals surface area (Å²) >= 11 is 0. The second kappa shape index (κ2) is 53.9. The van der Waals surface area contributed by atoms with Crippen LogP contribution in [0.15, 0.2) is 12.2 Å². The fourth-order valence-electron chi connectivity index (χ4n) is 11.9. The minimum atomic E-state index is -1.79. The van der Waals surface area contributed by atoms with Gasteiger partial charge in [0.15, 0.2) is 12.6 Å². The van der Waals surface area contributed by atoms with Gasteiger partial charge in [-0.25, -0.2) is 0 Å². The molecule has 2 fully saturated rings. The zero-order chi connectivity index (χ0) is 59.5. The fourth-order valence-corrected chi connectivity index (χ4v) is 11.9. The van der Waals surface area contributed by atoms with E-state index in [4.69, 9.17) is 18.9 Å². The van der Waals surface area contributed by atoms with E-state index in [0.717, 1.165) is 38.5 Å². The van der Waals surface area contributed by atoms with Gasteiger partial charge in [-0.05, 0) is 19.3 Å². The molecule has 2 rings (SSSR count). The molecule has 0 aromatic rings. The molecule has 2 heterocycles. The van der Waals surface area contributed by atoms with Crippen molar-refractivity contribution in [2.24, 2.45) is 0 Å². The maximum Gasteiger partial charge on any atom is 0.220 e. The maximum atomic E-state index is 13.3. The standard InChI is InChI=1S/C68H131NO13/c1-3-5-7-9-11-13-15-16-17-18-19-20-21-22-23-24-25-26-27-28-29-30-31-32-33-34-35-36-37-38-39-40-42-44-46-48-50-52-60(73)69-56(57(72)51-49-47-45-43-41-14-12-10-8-6-4-2)55-79-67-65(78)63(76)66(59(54-71)81-67)82-68-64(77)62(75)61(74)58(53-70)80-68/h49,51,56-59,61-68,70-72,74-78H,3-48,50,52-55H2,1-2H3,(H,69,73)/b51-49+. The Balaban J connectivity index is 1.54. The molecule has 14 nitrogen and oxygen atoms in total. The van der Waals surface area contributed by atoms with Crippen LogP contribution in [0.2, 0.25) is 0 Å². The number of nitrogens with one attached hydrogen (secondary N) is 1. The van der Waals surface area contributed by atoms with Crippen LogP contribution in [0.4, 0.5) is 0 Å². The number of hydrogen-bond donors (Lipinski definition) is 9. The highest BCUT2D eigenvalue weighted by Gasteiger charge is 2.51. The summed E-state index contributed by atoms with van der Waals surface area (Å²) in [6.07, 6.45) is 48.9. The van der Waals surface area contributed by atoms with E-state index in [-0.39, 0.29) is 18.9 Å². The topological polar surface area (TPSA) is 228 Å². The van der Waals surface area contributed by atoms with Gasteiger partial charge in [-0.3, -0.25) is 4.79 Å². The van der Waals surface area contributed by atoms with Gasteiger partial charge in [0.2, 0.25) is 5.91 Å². The number of unbranched alkanes of at least 4 members (excludes halogenated alkanes) is 45. The molecule has 0 aromatic heterocycles. The average molecular weight is 1170 g/mol. The van der Waals surface area contributed by atoms with Gasteiger partial charge in [0.05, 0.1) is 32.0 Å². The highest BCUT2D eigenvalue weighted by molar-refractivity contribution is 5.76. The number of rotatable bonds is 58. The molecule has 0 radical (unpaired) electrons. The van der Waals surface area contributed by atoms with Crippen LogP contribution in [0.5, 0.6) is 0 Å². The summed E-state index contributed by atoms with van der Waals surface area (Å²) in [4.78, 5) is 13.3. The molecule has 1 amide bonds. The fraction of sp³-hybridized carbons (Fsp3) is 0.956. The van der Waals surface area contributed by atoms with E-state index >= 15 is 0 Å². The summed E-state index contributed by atoms with van der Waals surface area (Å²) in [6, 6.07) is -0.909. The van der Waals surface area contributed by atoms with Crippen molar-refractivity contribution >= 4 is 5.91 Å². The zero-order valence-corrected chi connectivity index (χ0v) is 52.8. The molecule has 12 atom stereocenters. The lowest BCUT2D eigenvalue weighted by Crippen LogP contribution is -2.65. The Labute approximate surface area is 501 Å². The SMILES string of the molecule is CCCCCCCCCCC/C=C/C(O)C(COC1OC(CO)C(OC2OC(CO)C(O)C(O)C2O)C(O)C1O)NC(=O)CCCCCCCCCCCCCCCCCCCCCCCCCCCCCCCCCCCCCCC. The van der Waals surface area contributed by atoms with Crippen LogP contribution in [0.3, 0.4) is 0 Å². The van der Waals surface area contributed by atoms with Crippen LogP contribution in [0.25, 0.3) is 0 Å². The molecular formula is C68H131NO13. The Hall–Kier alpha value is -1.27. The third-order valence-corrected chi connectivity index (χ3v) is 17.5. The van der Waals surface area contributed by atoms with E-state index < -0.39 is 86.8 Å². The summed E-state index contributed by atoms with van der Waals surface area (Å²) in [5.41, 5.74) is 0. The minimum absolute atomic E-state index is 0.234. The second-order valence-electron chi connectivity index (χ2n) is 25.0. The molecule has 2 aliphatic heterocycles. The summed E-state index contributed by atoms with van der Waals surface area (Å²) in [7, 11) is 0. The molecule has 82 heavy (non-hydrogen) atoms. The van der Waals surface area contributed by atoms with Crippen LogP contribution >= 0.6 is 0 Å². The Bertz CT molecular complexity index is 1420. The highest BCUT2D eigenvalue weighted by atomic mass is 16.7. The number of carbonyl (C=O) groups is 1. The number of ether oxygens (including phenoxy) is 4. The van der Waals surface area contributed by atoms with Gasteiger partial charge < -0.3 is 65.1 Å². The first-order valence-corrected chi connectivity index (χ1v) is 34.9. The third kappa shape index (κ3) is 38.1. The van der Waals surface area contributed by atoms with Crippen molar-refractivity contribution in [2.75, 3.05) is 19.8 Å². The molecule has 0 saturated carbocycles. The maximum absolute atomic E-state index is 13.3. The monoisotopic (exact) mass is 1170 g/mol. The van der Waals surface area contributed by atoms with Crippen molar-refractivity contribution in [1.82, 2.24) is 5.32 Å². The Morgan fingerprint density at radius 2 is 0.756 bits per heavy atom. The van der Waals surface area contributed by atoms with Gasteiger partial charge in [0.1, 0.15) is 48.8 Å². The first kappa shape index (κ1) is 76.8. The molecule has 14 heteroatoms. The van der Waals surface area contributed by atoms with E-state index in [1.807, 2.05) is 6.08 Å². The van der Waals surface area contributed by atoms with E-state index in [2.05, 4.69) is 19.2 Å². The lowest BCUT2D eigenvalue weighted by molar-refractivity contribution is -0.359. The van der Waals surface area contributed by atoms with Crippen LogP contribution < -0.4 is 5.32 Å². The Morgan fingerprint density at radius 1 is 0.427 bits per heavy atom. The number of allylic oxidation sites excluding steroid dienone is 1. The molecule has 2 aliphatic rings. The number of carbonyl (C=O) groups excluding carboxylic acids is 1. The predicted octanol–water partition coefficient (Wildman–Crippen LogP) is 13.8. The summed E-state index contributed by atoms with van der Waals surface area (Å²) in [6.45, 7) is 2.82. The van der Waals surface area contributed by atoms with E-state index in [0.29, 0.717) is 6.42 Å². The van der Waals surface area contributed by atoms with Crippen molar-refractivity contribution in [3.05, 3.63) is 12.2 Å². The van der Waals surface area contributed by atoms with Gasteiger partial charge in [-0.15, -0.1) is 0 Å². The normalized spacial score (nSPS) is 23.9. The number of amides is 1. The zero-order valence-electron chi connectivity index (χ0n) is 52.8. The first-order valence-electron chi connectivity index (χ1n) is 34.9. The Kier molecular flexibility index (Phi) is 50.5. The summed E-state index contributed by atoms with van der Waals surface area (Å²) in [5.74, 6) is -0.234. The van der Waals surface area contributed by atoms with E-state index in [1.54, 1.807) is 6.08 Å². The van der Waals surface area contributed by atoms with Crippen molar-refractivity contribution in [2.45, 2.75) is 396 Å². The van der Waals surface area contributed by atoms with Crippen LogP contribution in [0, 0.1) is 0 Å². The van der Waals surface area contributed by atoms with Crippen molar-refractivity contribution in [3.8, 4) is 0 Å². The minimum Gasteiger partial charge on any atom is -0.394 e. The molecule has 486 valence electrons. The number of hydrogen-bond acceptors (Lipinski definition) is 13. The van der Waals surface area contributed by atoms with E-state index in [1.165, 1.54) is 257 Å². The quantitative estimate of drug-likeness (QED) is 0.0204. The molecular weight excluding hydrogens is 1040 g/mol. The molecule has 12 unspecified atom stereocenters. The van der Waals surface area contributed by atoms with Gasteiger partial charge in [-0.2, -0.15) is 0 Å².